The maximum atomic E-state index is 13.3. The number of para-hydroxylation sites is 1. The van der Waals surface area contributed by atoms with E-state index in [0.29, 0.717) is 50.8 Å². The van der Waals surface area contributed by atoms with Gasteiger partial charge in [-0.2, -0.15) is 0 Å². The summed E-state index contributed by atoms with van der Waals surface area (Å²) in [6.07, 6.45) is 2.69. The standard InChI is InChI=1S/C31H39N3O7/c1-3-39-28(35)18-8-5-11-20-34(2)30(37)25(33-29(36)27-21-24-15-9-10-17-26(24)41-27)16-12-19-32-31(38)40-22-23-13-6-4-7-14-23/h4,6-7,9-10,13-15,17,21,25H,3,5,8,11-12,16,18-20,22H2,1-2H3,(H,32,38)(H,33,36)/t25-/m0/s1. The Balaban J connectivity index is 1.51. The molecule has 41 heavy (non-hydrogen) atoms. The Morgan fingerprint density at radius 3 is 2.44 bits per heavy atom. The van der Waals surface area contributed by atoms with Gasteiger partial charge in [0.2, 0.25) is 5.91 Å². The second-order valence-electron chi connectivity index (χ2n) is 9.68. The van der Waals surface area contributed by atoms with Gasteiger partial charge < -0.3 is 29.4 Å². The van der Waals surface area contributed by atoms with Crippen molar-refractivity contribution in [3.05, 3.63) is 72.0 Å². The number of hydrogen-bond acceptors (Lipinski definition) is 7. The molecule has 0 fully saturated rings. The average molecular weight is 566 g/mol. The minimum atomic E-state index is -0.817. The molecule has 220 valence electrons. The summed E-state index contributed by atoms with van der Waals surface area (Å²) in [5.41, 5.74) is 1.46. The molecular weight excluding hydrogens is 526 g/mol. The molecule has 1 aromatic heterocycles. The van der Waals surface area contributed by atoms with E-state index in [1.165, 1.54) is 0 Å². The Hall–Kier alpha value is -4.34. The van der Waals surface area contributed by atoms with Gasteiger partial charge in [-0.1, -0.05) is 55.0 Å². The number of carbonyl (C=O) groups is 4. The van der Waals surface area contributed by atoms with E-state index in [-0.39, 0.29) is 30.8 Å². The number of alkyl carbamates (subject to hydrolysis) is 1. The van der Waals surface area contributed by atoms with Crippen molar-refractivity contribution in [1.82, 2.24) is 15.5 Å². The second kappa shape index (κ2) is 16.7. The molecule has 3 rings (SSSR count). The number of amides is 3. The van der Waals surface area contributed by atoms with Gasteiger partial charge in [-0.25, -0.2) is 4.79 Å². The van der Waals surface area contributed by atoms with Crippen LogP contribution in [0.4, 0.5) is 4.79 Å². The molecule has 10 nitrogen and oxygen atoms in total. The van der Waals surface area contributed by atoms with Gasteiger partial charge in [-0.3, -0.25) is 14.4 Å². The topological polar surface area (TPSA) is 127 Å². The monoisotopic (exact) mass is 565 g/mol. The number of esters is 1. The number of unbranched alkanes of at least 4 members (excludes halogenated alkanes) is 2. The minimum absolute atomic E-state index is 0.119. The fourth-order valence-electron chi connectivity index (χ4n) is 4.26. The molecule has 0 radical (unpaired) electrons. The third kappa shape index (κ3) is 10.6. The zero-order valence-electron chi connectivity index (χ0n) is 23.7. The maximum Gasteiger partial charge on any atom is 0.407 e. The average Bonchev–Trinajstić information content (AvgIpc) is 3.42. The smallest absolute Gasteiger partial charge is 0.407 e. The molecule has 3 amide bonds. The Labute approximate surface area is 240 Å². The summed E-state index contributed by atoms with van der Waals surface area (Å²) in [5.74, 6) is -0.833. The highest BCUT2D eigenvalue weighted by atomic mass is 16.5. The van der Waals surface area contributed by atoms with Gasteiger partial charge in [-0.15, -0.1) is 0 Å². The first-order valence-electron chi connectivity index (χ1n) is 14.0. The molecule has 2 aromatic carbocycles. The highest BCUT2D eigenvalue weighted by Gasteiger charge is 2.25. The van der Waals surface area contributed by atoms with Crippen LogP contribution in [0.15, 0.2) is 65.1 Å². The van der Waals surface area contributed by atoms with Gasteiger partial charge in [0.25, 0.3) is 5.91 Å². The predicted octanol–water partition coefficient (Wildman–Crippen LogP) is 4.82. The summed E-state index contributed by atoms with van der Waals surface area (Å²) in [6.45, 7) is 3.04. The van der Waals surface area contributed by atoms with Crippen molar-refractivity contribution in [2.75, 3.05) is 26.7 Å². The largest absolute Gasteiger partial charge is 0.466 e. The molecule has 0 unspecified atom stereocenters. The highest BCUT2D eigenvalue weighted by Crippen LogP contribution is 2.19. The number of likely N-dealkylation sites (N-methyl/N-ethyl adjacent to an activating group) is 1. The van der Waals surface area contributed by atoms with E-state index in [0.717, 1.165) is 17.4 Å². The van der Waals surface area contributed by atoms with Crippen molar-refractivity contribution in [1.29, 1.82) is 0 Å². The predicted molar refractivity (Wildman–Crippen MR) is 154 cm³/mol. The van der Waals surface area contributed by atoms with E-state index in [4.69, 9.17) is 13.9 Å². The summed E-state index contributed by atoms with van der Waals surface area (Å²) in [7, 11) is 1.69. The first-order chi connectivity index (χ1) is 19.9. The first-order valence-corrected chi connectivity index (χ1v) is 14.0. The molecule has 0 aliphatic rings. The van der Waals surface area contributed by atoms with Gasteiger partial charge in [0.05, 0.1) is 6.61 Å². The van der Waals surface area contributed by atoms with E-state index in [9.17, 15) is 19.2 Å². The Morgan fingerprint density at radius 2 is 1.68 bits per heavy atom. The number of rotatable bonds is 16. The van der Waals surface area contributed by atoms with Crippen molar-refractivity contribution in [3.8, 4) is 0 Å². The van der Waals surface area contributed by atoms with Crippen LogP contribution in [0.2, 0.25) is 0 Å². The summed E-state index contributed by atoms with van der Waals surface area (Å²) >= 11 is 0. The molecule has 2 N–H and O–H groups in total. The normalized spacial score (nSPS) is 11.5. The fraction of sp³-hybridized carbons (Fsp3) is 0.419. The van der Waals surface area contributed by atoms with Gasteiger partial charge in [0, 0.05) is 31.9 Å². The van der Waals surface area contributed by atoms with Crippen LogP contribution in [0.3, 0.4) is 0 Å². The summed E-state index contributed by atoms with van der Waals surface area (Å²) in [4.78, 5) is 51.5. The number of nitrogens with zero attached hydrogens (tertiary/aromatic N) is 1. The SMILES string of the molecule is CCOC(=O)CCCCCN(C)C(=O)[C@H](CCCNC(=O)OCc1ccccc1)NC(=O)c1cc2ccccc2o1. The van der Waals surface area contributed by atoms with E-state index in [2.05, 4.69) is 10.6 Å². The van der Waals surface area contributed by atoms with Gasteiger partial charge in [-0.05, 0) is 50.3 Å². The summed E-state index contributed by atoms with van der Waals surface area (Å²) < 4.78 is 15.8. The molecule has 0 bridgehead atoms. The van der Waals surface area contributed by atoms with E-state index in [1.807, 2.05) is 48.5 Å². The highest BCUT2D eigenvalue weighted by molar-refractivity contribution is 5.98. The molecule has 1 heterocycles. The third-order valence-electron chi connectivity index (χ3n) is 6.46. The molecule has 10 heteroatoms. The van der Waals surface area contributed by atoms with Crippen LogP contribution in [0.1, 0.15) is 61.6 Å². The van der Waals surface area contributed by atoms with Crippen molar-refractivity contribution < 1.29 is 33.1 Å². The molecule has 0 saturated carbocycles. The van der Waals surface area contributed by atoms with Crippen molar-refractivity contribution in [2.24, 2.45) is 0 Å². The van der Waals surface area contributed by atoms with E-state index >= 15 is 0 Å². The minimum Gasteiger partial charge on any atom is -0.466 e. The van der Waals surface area contributed by atoms with Crippen LogP contribution in [-0.2, 0) is 25.7 Å². The van der Waals surface area contributed by atoms with Gasteiger partial charge >= 0.3 is 12.1 Å². The Morgan fingerprint density at radius 1 is 0.927 bits per heavy atom. The quantitative estimate of drug-likeness (QED) is 0.188. The van der Waals surface area contributed by atoms with E-state index < -0.39 is 18.0 Å². The third-order valence-corrected chi connectivity index (χ3v) is 6.46. The maximum absolute atomic E-state index is 13.3. The number of benzene rings is 2. The number of nitrogens with one attached hydrogen (secondary N) is 2. The number of ether oxygens (including phenoxy) is 2. The molecule has 0 aliphatic heterocycles. The Bertz CT molecular complexity index is 1240. The zero-order valence-corrected chi connectivity index (χ0v) is 23.7. The molecule has 0 saturated heterocycles. The van der Waals surface area contributed by atoms with Crippen LogP contribution in [0, 0.1) is 0 Å². The van der Waals surface area contributed by atoms with E-state index in [1.54, 1.807) is 31.0 Å². The molecule has 0 spiro atoms. The first kappa shape index (κ1) is 31.2. The van der Waals surface area contributed by atoms with Gasteiger partial charge in [0.1, 0.15) is 18.2 Å². The lowest BCUT2D eigenvalue weighted by molar-refractivity contribution is -0.143. The lowest BCUT2D eigenvalue weighted by atomic mass is 10.1. The lowest BCUT2D eigenvalue weighted by Gasteiger charge is -2.24. The summed E-state index contributed by atoms with van der Waals surface area (Å²) in [5, 5.41) is 6.29. The molecule has 1 atom stereocenters. The zero-order chi connectivity index (χ0) is 29.5. The van der Waals surface area contributed by atoms with Crippen LogP contribution >= 0.6 is 0 Å². The van der Waals surface area contributed by atoms with Crippen molar-refractivity contribution in [3.63, 3.8) is 0 Å². The number of furan rings is 1. The van der Waals surface area contributed by atoms with Crippen molar-refractivity contribution >= 4 is 34.8 Å². The van der Waals surface area contributed by atoms with Crippen molar-refractivity contribution in [2.45, 2.75) is 58.1 Å². The second-order valence-corrected chi connectivity index (χ2v) is 9.68. The number of hydrogen-bond donors (Lipinski definition) is 2. The van der Waals surface area contributed by atoms with Crippen LogP contribution in [0.5, 0.6) is 0 Å². The number of carbonyl (C=O) groups excluding carboxylic acids is 4. The molecular formula is C31H39N3O7. The molecule has 3 aromatic rings. The van der Waals surface area contributed by atoms with Crippen LogP contribution in [-0.4, -0.2) is 61.6 Å². The lowest BCUT2D eigenvalue weighted by Crippen LogP contribution is -2.47. The van der Waals surface area contributed by atoms with Crippen LogP contribution < -0.4 is 10.6 Å². The summed E-state index contributed by atoms with van der Waals surface area (Å²) in [6, 6.07) is 17.5. The Kier molecular flexibility index (Phi) is 12.7. The fourth-order valence-corrected chi connectivity index (χ4v) is 4.26. The number of fused-ring (bicyclic) bond motifs is 1. The van der Waals surface area contributed by atoms with Gasteiger partial charge in [0.15, 0.2) is 5.76 Å². The molecule has 0 aliphatic carbocycles. The van der Waals surface area contributed by atoms with Crippen LogP contribution in [0.25, 0.3) is 11.0 Å².